The maximum Gasteiger partial charge on any atom is 0.326 e. The lowest BCUT2D eigenvalue weighted by Gasteiger charge is -2.27. The molecule has 0 aliphatic rings. The van der Waals surface area contributed by atoms with Crippen LogP contribution in [0.4, 0.5) is 0 Å². The summed E-state index contributed by atoms with van der Waals surface area (Å²) in [6.07, 6.45) is -1.44. The van der Waals surface area contributed by atoms with Gasteiger partial charge in [-0.05, 0) is 12.8 Å². The van der Waals surface area contributed by atoms with Crippen LogP contribution < -0.4 is 27.4 Å². The second-order valence-electron chi connectivity index (χ2n) is 6.95. The number of carbonyl (C=O) groups is 5. The highest BCUT2D eigenvalue weighted by Crippen LogP contribution is 2.09. The van der Waals surface area contributed by atoms with Crippen molar-refractivity contribution in [1.29, 1.82) is 0 Å². The van der Waals surface area contributed by atoms with Gasteiger partial charge in [0.1, 0.15) is 24.2 Å². The first-order valence-corrected chi connectivity index (χ1v) is 9.32. The van der Waals surface area contributed by atoms with E-state index in [2.05, 4.69) is 16.0 Å². The molecule has 0 aromatic carbocycles. The second kappa shape index (κ2) is 12.7. The van der Waals surface area contributed by atoms with Gasteiger partial charge in [-0.25, -0.2) is 4.79 Å². The molecule has 0 aromatic rings. The van der Waals surface area contributed by atoms with Crippen LogP contribution in [0.5, 0.6) is 0 Å². The monoisotopic (exact) mass is 433 g/mol. The number of primary amides is 1. The Kier molecular flexibility index (Phi) is 11.5. The molecule has 13 heteroatoms. The molecule has 0 aliphatic carbocycles. The van der Waals surface area contributed by atoms with Crippen molar-refractivity contribution in [2.45, 2.75) is 63.9 Å². The topological polar surface area (TPSA) is 234 Å². The number of aliphatic carboxylic acids is 1. The predicted molar refractivity (Wildman–Crippen MR) is 103 cm³/mol. The van der Waals surface area contributed by atoms with E-state index < -0.39 is 78.8 Å². The van der Waals surface area contributed by atoms with Gasteiger partial charge in [0, 0.05) is 0 Å². The SMILES string of the molecule is CCC(C)C(NC(=O)C(CO)NC(=O)C(N)C(C)O)C(=O)NC(CC(N)=O)C(=O)O. The van der Waals surface area contributed by atoms with Crippen molar-refractivity contribution in [3.63, 3.8) is 0 Å². The van der Waals surface area contributed by atoms with Crippen LogP contribution in [0.1, 0.15) is 33.6 Å². The fraction of sp³-hybridized carbons (Fsp3) is 0.706. The van der Waals surface area contributed by atoms with Gasteiger partial charge >= 0.3 is 5.97 Å². The molecule has 4 amide bonds. The molecular formula is C17H31N5O8. The molecule has 6 unspecified atom stereocenters. The Hall–Kier alpha value is -2.77. The number of hydrogen-bond acceptors (Lipinski definition) is 8. The van der Waals surface area contributed by atoms with E-state index >= 15 is 0 Å². The predicted octanol–water partition coefficient (Wildman–Crippen LogP) is -3.85. The quantitative estimate of drug-likeness (QED) is 0.142. The molecule has 0 rings (SSSR count). The number of carbonyl (C=O) groups excluding carboxylic acids is 4. The lowest BCUT2D eigenvalue weighted by molar-refractivity contribution is -0.144. The standard InChI is InChI=1S/C17H31N5O8/c1-4-7(2)13(16(28)20-9(17(29)30)5-11(18)25)22-14(26)10(6-23)21-15(27)12(19)8(3)24/h7-10,12-13,23-24H,4-6,19H2,1-3H3,(H2,18,25)(H,20,28)(H,21,27)(H,22,26)(H,29,30). The molecule has 6 atom stereocenters. The van der Waals surface area contributed by atoms with Crippen molar-refractivity contribution in [1.82, 2.24) is 16.0 Å². The van der Waals surface area contributed by atoms with Gasteiger partial charge in [-0.2, -0.15) is 0 Å². The van der Waals surface area contributed by atoms with Gasteiger partial charge in [-0.3, -0.25) is 19.2 Å². The molecule has 0 aliphatic heterocycles. The van der Waals surface area contributed by atoms with E-state index in [9.17, 15) is 34.2 Å². The number of carboxylic acids is 1. The van der Waals surface area contributed by atoms with Gasteiger partial charge in [0.2, 0.25) is 23.6 Å². The zero-order valence-corrected chi connectivity index (χ0v) is 17.1. The van der Waals surface area contributed by atoms with Gasteiger partial charge in [0.05, 0.1) is 19.1 Å². The summed E-state index contributed by atoms with van der Waals surface area (Å²) in [4.78, 5) is 59.2. The van der Waals surface area contributed by atoms with E-state index in [4.69, 9.17) is 16.6 Å². The van der Waals surface area contributed by atoms with Crippen molar-refractivity contribution in [2.75, 3.05) is 6.61 Å². The van der Waals surface area contributed by atoms with E-state index in [1.54, 1.807) is 13.8 Å². The van der Waals surface area contributed by atoms with Crippen molar-refractivity contribution >= 4 is 29.6 Å². The molecule has 0 saturated carbocycles. The van der Waals surface area contributed by atoms with Crippen LogP contribution in [0.2, 0.25) is 0 Å². The summed E-state index contributed by atoms with van der Waals surface area (Å²) in [5, 5.41) is 34.6. The number of aliphatic hydroxyl groups excluding tert-OH is 2. The van der Waals surface area contributed by atoms with Gasteiger partial charge in [0.25, 0.3) is 0 Å². The Balaban J connectivity index is 5.36. The molecule has 0 bridgehead atoms. The number of hydrogen-bond donors (Lipinski definition) is 8. The van der Waals surface area contributed by atoms with E-state index in [-0.39, 0.29) is 0 Å². The number of nitrogens with two attached hydrogens (primary N) is 2. The van der Waals surface area contributed by atoms with Crippen LogP contribution in [0.3, 0.4) is 0 Å². The van der Waals surface area contributed by atoms with Crippen LogP contribution in [-0.4, -0.2) is 81.8 Å². The Morgan fingerprint density at radius 2 is 1.47 bits per heavy atom. The number of rotatable bonds is 13. The highest BCUT2D eigenvalue weighted by Gasteiger charge is 2.33. The summed E-state index contributed by atoms with van der Waals surface area (Å²) in [5.41, 5.74) is 10.5. The van der Waals surface area contributed by atoms with Crippen molar-refractivity contribution in [2.24, 2.45) is 17.4 Å². The van der Waals surface area contributed by atoms with Crippen LogP contribution >= 0.6 is 0 Å². The number of carboxylic acid groups (broad SMARTS) is 1. The Bertz CT molecular complexity index is 642. The average molecular weight is 433 g/mol. The van der Waals surface area contributed by atoms with Gasteiger partial charge < -0.3 is 42.7 Å². The summed E-state index contributed by atoms with van der Waals surface area (Å²) >= 11 is 0. The van der Waals surface area contributed by atoms with E-state index in [0.717, 1.165) is 0 Å². The highest BCUT2D eigenvalue weighted by atomic mass is 16.4. The van der Waals surface area contributed by atoms with Crippen LogP contribution in [-0.2, 0) is 24.0 Å². The molecule has 0 radical (unpaired) electrons. The van der Waals surface area contributed by atoms with Crippen molar-refractivity contribution in [3.8, 4) is 0 Å². The minimum atomic E-state index is -1.59. The summed E-state index contributed by atoms with van der Waals surface area (Å²) in [6, 6.07) is -5.63. The number of amides is 4. The molecular weight excluding hydrogens is 402 g/mol. The molecule has 0 heterocycles. The Morgan fingerprint density at radius 1 is 0.933 bits per heavy atom. The van der Waals surface area contributed by atoms with E-state index in [1.807, 2.05) is 0 Å². The smallest absolute Gasteiger partial charge is 0.326 e. The first-order chi connectivity index (χ1) is 13.8. The normalized spacial score (nSPS) is 16.9. The van der Waals surface area contributed by atoms with E-state index in [0.29, 0.717) is 6.42 Å². The molecule has 0 aromatic heterocycles. The third-order valence-electron chi connectivity index (χ3n) is 4.45. The lowest BCUT2D eigenvalue weighted by atomic mass is 9.97. The van der Waals surface area contributed by atoms with Gasteiger partial charge in [-0.1, -0.05) is 20.3 Å². The average Bonchev–Trinajstić information content (AvgIpc) is 2.67. The van der Waals surface area contributed by atoms with Crippen molar-refractivity contribution in [3.05, 3.63) is 0 Å². The molecule has 10 N–H and O–H groups in total. The zero-order chi connectivity index (χ0) is 23.6. The molecule has 0 spiro atoms. The Labute approximate surface area is 173 Å². The van der Waals surface area contributed by atoms with Crippen LogP contribution in [0.15, 0.2) is 0 Å². The number of aliphatic hydroxyl groups is 2. The summed E-state index contributed by atoms with van der Waals surface area (Å²) in [7, 11) is 0. The van der Waals surface area contributed by atoms with Crippen LogP contribution in [0.25, 0.3) is 0 Å². The number of nitrogens with one attached hydrogen (secondary N) is 3. The Morgan fingerprint density at radius 3 is 1.87 bits per heavy atom. The maximum atomic E-state index is 12.6. The van der Waals surface area contributed by atoms with E-state index in [1.165, 1.54) is 6.92 Å². The zero-order valence-electron chi connectivity index (χ0n) is 17.1. The fourth-order valence-corrected chi connectivity index (χ4v) is 2.30. The van der Waals surface area contributed by atoms with Crippen molar-refractivity contribution < 1.29 is 39.3 Å². The molecule has 13 nitrogen and oxygen atoms in total. The molecule has 30 heavy (non-hydrogen) atoms. The minimum Gasteiger partial charge on any atom is -0.480 e. The summed E-state index contributed by atoms with van der Waals surface area (Å²) < 4.78 is 0. The van der Waals surface area contributed by atoms with Crippen LogP contribution in [0, 0.1) is 5.92 Å². The highest BCUT2D eigenvalue weighted by molar-refractivity contribution is 5.95. The lowest BCUT2D eigenvalue weighted by Crippen LogP contribution is -2.60. The van der Waals surface area contributed by atoms with Gasteiger partial charge in [0.15, 0.2) is 0 Å². The van der Waals surface area contributed by atoms with Gasteiger partial charge in [-0.15, -0.1) is 0 Å². The first-order valence-electron chi connectivity index (χ1n) is 9.32. The summed E-state index contributed by atoms with van der Waals surface area (Å²) in [6.45, 7) is 3.79. The minimum absolute atomic E-state index is 0.412. The molecule has 0 fully saturated rings. The molecule has 172 valence electrons. The fourth-order valence-electron chi connectivity index (χ4n) is 2.30. The second-order valence-corrected chi connectivity index (χ2v) is 6.95. The largest absolute Gasteiger partial charge is 0.480 e. The maximum absolute atomic E-state index is 12.6. The molecule has 0 saturated heterocycles. The first kappa shape index (κ1) is 27.2. The summed E-state index contributed by atoms with van der Waals surface area (Å²) in [5.74, 6) is -5.59. The third kappa shape index (κ3) is 8.71. The third-order valence-corrected chi connectivity index (χ3v) is 4.45.